The fourth-order valence-electron chi connectivity index (χ4n) is 1.17. The van der Waals surface area contributed by atoms with Gasteiger partial charge in [0, 0.05) is 5.69 Å². The Balaban J connectivity index is 2.66. The van der Waals surface area contributed by atoms with Crippen molar-refractivity contribution in [2.24, 2.45) is 0 Å². The predicted octanol–water partition coefficient (Wildman–Crippen LogP) is 0.537. The van der Waals surface area contributed by atoms with E-state index < -0.39 is 0 Å². The van der Waals surface area contributed by atoms with Gasteiger partial charge in [-0.15, -0.1) is 5.10 Å². The Hall–Kier alpha value is -2.09. The molecule has 0 atom stereocenters. The zero-order valence-electron chi connectivity index (χ0n) is 6.81. The van der Waals surface area contributed by atoms with Gasteiger partial charge in [0.1, 0.15) is 12.1 Å². The first-order valence-corrected chi connectivity index (χ1v) is 3.77. The number of rotatable bonds is 1. The molecule has 0 saturated carbocycles. The lowest BCUT2D eigenvalue weighted by molar-refractivity contribution is 0.689. The summed E-state index contributed by atoms with van der Waals surface area (Å²) in [5.74, 6) is 0. The van der Waals surface area contributed by atoms with Crippen LogP contribution in [0.2, 0.25) is 0 Å². The van der Waals surface area contributed by atoms with Gasteiger partial charge in [-0.2, -0.15) is 5.26 Å². The van der Waals surface area contributed by atoms with E-state index in [9.17, 15) is 0 Å². The topological polar surface area (TPSA) is 80.5 Å². The van der Waals surface area contributed by atoms with Crippen LogP contribution in [-0.4, -0.2) is 15.0 Å². The van der Waals surface area contributed by atoms with E-state index in [1.54, 1.807) is 18.2 Å². The van der Waals surface area contributed by atoms with Gasteiger partial charge in [0.05, 0.1) is 11.6 Å². The molecule has 64 valence electrons. The minimum absolute atomic E-state index is 0.194. The third-order valence-corrected chi connectivity index (χ3v) is 1.76. The Bertz CT molecular complexity index is 479. The van der Waals surface area contributed by atoms with Crippen molar-refractivity contribution < 1.29 is 0 Å². The smallest absolute Gasteiger partial charge is 0.130 e. The Morgan fingerprint density at radius 3 is 3.15 bits per heavy atom. The quantitative estimate of drug-likeness (QED) is 0.638. The first kappa shape index (κ1) is 7.55. The molecule has 0 unspecified atom stereocenters. The summed E-state index contributed by atoms with van der Waals surface area (Å²) < 4.78 is 1.52. The van der Waals surface area contributed by atoms with E-state index in [4.69, 9.17) is 11.0 Å². The van der Waals surface area contributed by atoms with Gasteiger partial charge in [0.15, 0.2) is 0 Å². The standard InChI is InChI=1S/C8H7N5/c9-3-4-13-8-5-6(10)1-2-7(8)11-12-13/h1-2,5H,4,10H2. The van der Waals surface area contributed by atoms with Gasteiger partial charge >= 0.3 is 0 Å². The summed E-state index contributed by atoms with van der Waals surface area (Å²) in [7, 11) is 0. The van der Waals surface area contributed by atoms with Gasteiger partial charge in [-0.3, -0.25) is 0 Å². The molecule has 0 aliphatic rings. The Labute approximate surface area is 74.4 Å². The van der Waals surface area contributed by atoms with Crippen molar-refractivity contribution in [2.45, 2.75) is 6.54 Å². The SMILES string of the molecule is N#CCn1nnc2ccc(N)cc21. The number of anilines is 1. The highest BCUT2D eigenvalue weighted by atomic mass is 15.4. The van der Waals surface area contributed by atoms with E-state index in [1.165, 1.54) is 4.68 Å². The lowest BCUT2D eigenvalue weighted by Gasteiger charge is -1.95. The van der Waals surface area contributed by atoms with Crippen molar-refractivity contribution in [3.8, 4) is 6.07 Å². The van der Waals surface area contributed by atoms with Gasteiger partial charge in [-0.25, -0.2) is 4.68 Å². The lowest BCUT2D eigenvalue weighted by atomic mass is 10.3. The van der Waals surface area contributed by atoms with Gasteiger partial charge in [0.25, 0.3) is 0 Å². The second-order valence-electron chi connectivity index (χ2n) is 2.65. The van der Waals surface area contributed by atoms with Crippen LogP contribution in [0, 0.1) is 11.3 Å². The minimum atomic E-state index is 0.194. The molecule has 0 fully saturated rings. The van der Waals surface area contributed by atoms with E-state index in [1.807, 2.05) is 6.07 Å². The molecule has 2 rings (SSSR count). The molecule has 0 bridgehead atoms. The average molecular weight is 173 g/mol. The minimum Gasteiger partial charge on any atom is -0.399 e. The van der Waals surface area contributed by atoms with Crippen molar-refractivity contribution in [1.82, 2.24) is 15.0 Å². The molecule has 0 radical (unpaired) electrons. The van der Waals surface area contributed by atoms with Crippen molar-refractivity contribution in [1.29, 1.82) is 5.26 Å². The van der Waals surface area contributed by atoms with Gasteiger partial charge in [-0.1, -0.05) is 5.21 Å². The summed E-state index contributed by atoms with van der Waals surface area (Å²) in [5.41, 5.74) is 7.79. The first-order valence-electron chi connectivity index (χ1n) is 3.77. The molecule has 1 aromatic heterocycles. The molecular weight excluding hydrogens is 166 g/mol. The maximum atomic E-state index is 8.50. The molecule has 0 spiro atoms. The summed E-state index contributed by atoms with van der Waals surface area (Å²) >= 11 is 0. The van der Waals surface area contributed by atoms with E-state index in [2.05, 4.69) is 10.3 Å². The molecule has 1 heterocycles. The van der Waals surface area contributed by atoms with Crippen LogP contribution in [0.5, 0.6) is 0 Å². The van der Waals surface area contributed by atoms with Crippen LogP contribution in [0.1, 0.15) is 0 Å². The van der Waals surface area contributed by atoms with Gasteiger partial charge in [0.2, 0.25) is 0 Å². The van der Waals surface area contributed by atoms with E-state index >= 15 is 0 Å². The van der Waals surface area contributed by atoms with Crippen molar-refractivity contribution in [3.05, 3.63) is 18.2 Å². The second kappa shape index (κ2) is 2.75. The number of nitriles is 1. The molecule has 0 saturated heterocycles. The van der Waals surface area contributed by atoms with Gasteiger partial charge < -0.3 is 5.73 Å². The van der Waals surface area contributed by atoms with Crippen molar-refractivity contribution in [3.63, 3.8) is 0 Å². The zero-order valence-corrected chi connectivity index (χ0v) is 6.81. The van der Waals surface area contributed by atoms with E-state index in [-0.39, 0.29) is 6.54 Å². The predicted molar refractivity (Wildman–Crippen MR) is 47.6 cm³/mol. The van der Waals surface area contributed by atoms with Crippen LogP contribution in [-0.2, 0) is 6.54 Å². The summed E-state index contributed by atoms with van der Waals surface area (Å²) in [6, 6.07) is 7.30. The zero-order chi connectivity index (χ0) is 9.26. The fourth-order valence-corrected chi connectivity index (χ4v) is 1.17. The maximum absolute atomic E-state index is 8.50. The third-order valence-electron chi connectivity index (χ3n) is 1.76. The molecule has 0 aliphatic heterocycles. The highest BCUT2D eigenvalue weighted by Crippen LogP contribution is 2.14. The van der Waals surface area contributed by atoms with E-state index in [0.717, 1.165) is 11.0 Å². The van der Waals surface area contributed by atoms with Crippen LogP contribution in [0.25, 0.3) is 11.0 Å². The number of nitrogen functional groups attached to an aromatic ring is 1. The molecule has 0 amide bonds. The average Bonchev–Trinajstić information content (AvgIpc) is 2.49. The van der Waals surface area contributed by atoms with Crippen LogP contribution in [0.4, 0.5) is 5.69 Å². The second-order valence-corrected chi connectivity index (χ2v) is 2.65. The molecule has 13 heavy (non-hydrogen) atoms. The van der Waals surface area contributed by atoms with Crippen molar-refractivity contribution in [2.75, 3.05) is 5.73 Å². The summed E-state index contributed by atoms with van der Waals surface area (Å²) in [6.45, 7) is 0.194. The van der Waals surface area contributed by atoms with E-state index in [0.29, 0.717) is 5.69 Å². The monoisotopic (exact) mass is 173 g/mol. The molecule has 5 nitrogen and oxygen atoms in total. The largest absolute Gasteiger partial charge is 0.399 e. The number of nitrogens with two attached hydrogens (primary N) is 1. The van der Waals surface area contributed by atoms with Crippen LogP contribution >= 0.6 is 0 Å². The fraction of sp³-hybridized carbons (Fsp3) is 0.125. The number of aromatic nitrogens is 3. The Morgan fingerprint density at radius 2 is 2.38 bits per heavy atom. The molecule has 2 N–H and O–H groups in total. The molecule has 2 aromatic rings. The number of fused-ring (bicyclic) bond motifs is 1. The van der Waals surface area contributed by atoms with Crippen LogP contribution in [0.15, 0.2) is 18.2 Å². The first-order chi connectivity index (χ1) is 6.31. The highest BCUT2D eigenvalue weighted by molar-refractivity contribution is 5.78. The molecule has 5 heteroatoms. The lowest BCUT2D eigenvalue weighted by Crippen LogP contribution is -1.97. The van der Waals surface area contributed by atoms with Crippen LogP contribution in [0.3, 0.4) is 0 Å². The highest BCUT2D eigenvalue weighted by Gasteiger charge is 2.02. The number of benzene rings is 1. The molecule has 1 aromatic carbocycles. The Morgan fingerprint density at radius 1 is 1.54 bits per heavy atom. The third kappa shape index (κ3) is 1.18. The summed E-state index contributed by atoms with van der Waals surface area (Å²) in [6.07, 6.45) is 0. The molecular formula is C8H7N5. The normalized spacial score (nSPS) is 10.1. The molecule has 0 aliphatic carbocycles. The number of nitrogens with zero attached hydrogens (tertiary/aromatic N) is 4. The van der Waals surface area contributed by atoms with Gasteiger partial charge in [-0.05, 0) is 18.2 Å². The number of hydrogen-bond donors (Lipinski definition) is 1. The summed E-state index contributed by atoms with van der Waals surface area (Å²) in [5, 5.41) is 16.2. The maximum Gasteiger partial charge on any atom is 0.130 e. The summed E-state index contributed by atoms with van der Waals surface area (Å²) in [4.78, 5) is 0. The number of hydrogen-bond acceptors (Lipinski definition) is 4. The van der Waals surface area contributed by atoms with Crippen LogP contribution < -0.4 is 5.73 Å². The Kier molecular flexibility index (Phi) is 1.60. The van der Waals surface area contributed by atoms with Crippen molar-refractivity contribution >= 4 is 16.7 Å².